The molecule has 3 aromatic heterocycles. The van der Waals surface area contributed by atoms with Gasteiger partial charge in [0.15, 0.2) is 18.1 Å². The fourth-order valence-electron chi connectivity index (χ4n) is 3.73. The van der Waals surface area contributed by atoms with Crippen LogP contribution in [0.25, 0.3) is 11.4 Å². The Morgan fingerprint density at radius 3 is 2.68 bits per heavy atom. The van der Waals surface area contributed by atoms with Crippen molar-refractivity contribution in [2.45, 2.75) is 6.04 Å². The molecule has 2 unspecified atom stereocenters. The minimum Gasteiger partial charge on any atom is -0.328 e. The van der Waals surface area contributed by atoms with Crippen LogP contribution in [0, 0.1) is 5.92 Å². The molecule has 152 valence electrons. The molecule has 2 atom stereocenters. The highest BCUT2D eigenvalue weighted by Gasteiger charge is 2.43. The first-order valence-electron chi connectivity index (χ1n) is 9.86. The molecule has 4 heterocycles. The number of nitrogens with one attached hydrogen (secondary N) is 3. The molecule has 0 spiro atoms. The fourth-order valence-corrected chi connectivity index (χ4v) is 3.73. The summed E-state index contributed by atoms with van der Waals surface area (Å²) >= 11 is 0. The topological polar surface area (TPSA) is 98.9 Å². The Labute approximate surface area is 178 Å². The number of fused-ring (bicyclic) bond motifs is 1. The lowest BCUT2D eigenvalue weighted by Crippen LogP contribution is -2.41. The summed E-state index contributed by atoms with van der Waals surface area (Å²) in [5.41, 5.74) is 2.87. The summed E-state index contributed by atoms with van der Waals surface area (Å²) in [6.07, 6.45) is 5.09. The average molecular weight is 410 g/mol. The Kier molecular flexibility index (Phi) is 4.72. The molecule has 8 heteroatoms. The minimum absolute atomic E-state index is 0.213. The number of aromatic amines is 1. The molecule has 0 bridgehead atoms. The number of anilines is 2. The second-order valence-electron chi connectivity index (χ2n) is 7.19. The van der Waals surface area contributed by atoms with Gasteiger partial charge in [-0.3, -0.25) is 9.78 Å². The van der Waals surface area contributed by atoms with Crippen LogP contribution in [0.5, 0.6) is 0 Å². The largest absolute Gasteiger partial charge is 0.328 e. The lowest BCUT2D eigenvalue weighted by Gasteiger charge is -2.31. The molecular formula is C23H20N7O+. The Morgan fingerprint density at radius 2 is 1.94 bits per heavy atom. The number of hydrogen-bond donors (Lipinski definition) is 2. The molecule has 1 aliphatic rings. The highest BCUT2D eigenvalue weighted by atomic mass is 16.2. The van der Waals surface area contributed by atoms with Crippen LogP contribution in [-0.2, 0) is 4.79 Å². The summed E-state index contributed by atoms with van der Waals surface area (Å²) < 4.78 is 1.75. The third-order valence-electron chi connectivity index (χ3n) is 5.15. The number of H-pyrrole nitrogens is 1. The molecular weight excluding hydrogens is 390 g/mol. The molecule has 8 nitrogen and oxygen atoms in total. The van der Waals surface area contributed by atoms with Crippen molar-refractivity contribution < 1.29 is 9.78 Å². The van der Waals surface area contributed by atoms with E-state index in [4.69, 9.17) is 5.10 Å². The van der Waals surface area contributed by atoms with E-state index >= 15 is 0 Å². The van der Waals surface area contributed by atoms with Crippen LogP contribution in [0.2, 0.25) is 0 Å². The molecule has 3 N–H and O–H groups in total. The molecule has 1 aliphatic heterocycles. The zero-order valence-corrected chi connectivity index (χ0v) is 16.6. The zero-order chi connectivity index (χ0) is 21.2. The normalized spacial score (nSPS) is 17.5. The van der Waals surface area contributed by atoms with Gasteiger partial charge in [-0.1, -0.05) is 43.0 Å². The smallest absolute Gasteiger partial charge is 0.236 e. The van der Waals surface area contributed by atoms with Crippen LogP contribution in [-0.4, -0.2) is 25.7 Å². The van der Waals surface area contributed by atoms with Crippen molar-refractivity contribution in [1.82, 2.24) is 19.7 Å². The summed E-state index contributed by atoms with van der Waals surface area (Å²) in [4.78, 5) is 25.3. The Hall–Kier alpha value is -4.33. The van der Waals surface area contributed by atoms with E-state index in [-0.39, 0.29) is 5.91 Å². The summed E-state index contributed by atoms with van der Waals surface area (Å²) in [7, 11) is 0. The summed E-state index contributed by atoms with van der Waals surface area (Å²) in [6, 6.07) is 18.6. The maximum absolute atomic E-state index is 13.3. The second kappa shape index (κ2) is 7.83. The van der Waals surface area contributed by atoms with Gasteiger partial charge in [0, 0.05) is 29.6 Å². The fraction of sp³-hybridized carbons (Fsp3) is 0.0870. The van der Waals surface area contributed by atoms with Gasteiger partial charge in [0.05, 0.1) is 11.9 Å². The van der Waals surface area contributed by atoms with Crippen molar-refractivity contribution in [3.05, 3.63) is 97.2 Å². The second-order valence-corrected chi connectivity index (χ2v) is 7.19. The molecule has 0 saturated carbocycles. The van der Waals surface area contributed by atoms with E-state index in [0.29, 0.717) is 23.2 Å². The molecule has 0 saturated heterocycles. The highest BCUT2D eigenvalue weighted by molar-refractivity contribution is 5.95. The van der Waals surface area contributed by atoms with E-state index in [0.717, 1.165) is 11.3 Å². The van der Waals surface area contributed by atoms with Crippen LogP contribution in [0.15, 0.2) is 91.5 Å². The number of rotatable bonds is 4. The van der Waals surface area contributed by atoms with Gasteiger partial charge >= 0.3 is 0 Å². The molecule has 5 rings (SSSR count). The Morgan fingerprint density at radius 1 is 1.10 bits per heavy atom. The number of benzene rings is 1. The molecule has 1 aromatic carbocycles. The highest BCUT2D eigenvalue weighted by Crippen LogP contribution is 2.37. The van der Waals surface area contributed by atoms with Crippen LogP contribution in [0.4, 0.5) is 11.6 Å². The quantitative estimate of drug-likeness (QED) is 0.539. The maximum atomic E-state index is 13.3. The van der Waals surface area contributed by atoms with Gasteiger partial charge in [-0.25, -0.2) is 9.67 Å². The first-order chi connectivity index (χ1) is 15.2. The molecule has 0 fully saturated rings. The minimum atomic E-state index is -0.628. The van der Waals surface area contributed by atoms with E-state index in [2.05, 4.69) is 32.2 Å². The number of nitrogens with zero attached hydrogens (tertiary/aromatic N) is 4. The van der Waals surface area contributed by atoms with E-state index in [1.807, 2.05) is 54.7 Å². The van der Waals surface area contributed by atoms with Crippen LogP contribution >= 0.6 is 0 Å². The predicted octanol–water partition coefficient (Wildman–Crippen LogP) is 2.94. The van der Waals surface area contributed by atoms with Crippen molar-refractivity contribution in [2.75, 3.05) is 10.6 Å². The van der Waals surface area contributed by atoms with Gasteiger partial charge in [-0.2, -0.15) is 4.98 Å². The van der Waals surface area contributed by atoms with Crippen molar-refractivity contribution in [3.8, 4) is 11.4 Å². The number of hydrogen-bond acceptors (Lipinski definition) is 5. The van der Waals surface area contributed by atoms with Crippen molar-refractivity contribution >= 4 is 17.5 Å². The van der Waals surface area contributed by atoms with E-state index < -0.39 is 12.0 Å². The zero-order valence-electron chi connectivity index (χ0n) is 16.6. The lowest BCUT2D eigenvalue weighted by atomic mass is 9.91. The standard InChI is InChI=1S/C23H19N7O/c1-15-19(22(31)27-17-10-7-12-24-14-17)20(18-11-5-6-13-25-18)30-23(26-15)28-21(29-30)16-8-3-2-4-9-16/h2-14,19-20H,1H2,(H,27,31)(H,26,28,29)/p+1. The van der Waals surface area contributed by atoms with E-state index in [1.54, 1.807) is 29.2 Å². The van der Waals surface area contributed by atoms with Crippen molar-refractivity contribution in [2.24, 2.45) is 5.92 Å². The Balaban J connectivity index is 1.58. The summed E-state index contributed by atoms with van der Waals surface area (Å²) in [5, 5.41) is 10.8. The SMILES string of the molecule is C=C1Nc2nc(-c3ccccc3)nn2C(c2cccc[nH+]2)C1C(=O)Nc1cccnc1. The van der Waals surface area contributed by atoms with E-state index in [9.17, 15) is 4.79 Å². The number of carbonyl (C=O) groups excluding carboxylic acids is 1. The third kappa shape index (κ3) is 3.55. The summed E-state index contributed by atoms with van der Waals surface area (Å²) in [5.74, 6) is 0.272. The van der Waals surface area contributed by atoms with Crippen molar-refractivity contribution in [3.63, 3.8) is 0 Å². The first kappa shape index (κ1) is 18.7. The number of amides is 1. The van der Waals surface area contributed by atoms with Crippen molar-refractivity contribution in [1.29, 1.82) is 0 Å². The molecule has 31 heavy (non-hydrogen) atoms. The van der Waals surface area contributed by atoms with E-state index in [1.165, 1.54) is 0 Å². The number of carbonyl (C=O) groups is 1. The van der Waals surface area contributed by atoms with Gasteiger partial charge in [-0.05, 0) is 12.1 Å². The molecule has 4 aromatic rings. The lowest BCUT2D eigenvalue weighted by molar-refractivity contribution is -0.394. The molecule has 0 aliphatic carbocycles. The van der Waals surface area contributed by atoms with Gasteiger partial charge in [0.2, 0.25) is 17.5 Å². The van der Waals surface area contributed by atoms with Crippen LogP contribution in [0.1, 0.15) is 11.7 Å². The Bertz CT molecular complexity index is 1220. The summed E-state index contributed by atoms with van der Waals surface area (Å²) in [6.45, 7) is 4.13. The predicted molar refractivity (Wildman–Crippen MR) is 116 cm³/mol. The average Bonchev–Trinajstić information content (AvgIpc) is 3.23. The van der Waals surface area contributed by atoms with Gasteiger partial charge < -0.3 is 10.6 Å². The maximum Gasteiger partial charge on any atom is 0.236 e. The number of aromatic nitrogens is 5. The first-order valence-corrected chi connectivity index (χ1v) is 9.86. The van der Waals surface area contributed by atoms with Gasteiger partial charge in [-0.15, -0.1) is 5.10 Å². The van der Waals surface area contributed by atoms with Crippen LogP contribution < -0.4 is 15.6 Å². The number of pyridine rings is 2. The molecule has 0 radical (unpaired) electrons. The monoisotopic (exact) mass is 410 g/mol. The van der Waals surface area contributed by atoms with Crippen LogP contribution in [0.3, 0.4) is 0 Å². The molecule has 1 amide bonds. The van der Waals surface area contributed by atoms with Gasteiger partial charge in [0.1, 0.15) is 5.92 Å². The van der Waals surface area contributed by atoms with Gasteiger partial charge in [0.25, 0.3) is 0 Å². The third-order valence-corrected chi connectivity index (χ3v) is 5.15.